The topological polar surface area (TPSA) is 37.0 Å². The van der Waals surface area contributed by atoms with E-state index >= 15 is 0 Å². The van der Waals surface area contributed by atoms with Crippen molar-refractivity contribution in [3.63, 3.8) is 0 Å². The lowest BCUT2D eigenvalue weighted by atomic mass is 10.1. The van der Waals surface area contributed by atoms with Crippen molar-refractivity contribution in [1.82, 2.24) is 10.3 Å². The summed E-state index contributed by atoms with van der Waals surface area (Å²) in [5.74, 6) is 2.04. The molecule has 2 N–H and O–H groups in total. The number of rotatable bonds is 6. The maximum Gasteiger partial charge on any atom is 0.119 e. The van der Waals surface area contributed by atoms with Crippen molar-refractivity contribution in [2.45, 2.75) is 18.1 Å². The van der Waals surface area contributed by atoms with E-state index in [9.17, 15) is 0 Å². The largest absolute Gasteiger partial charge is 0.493 e. The van der Waals surface area contributed by atoms with Crippen LogP contribution in [0.2, 0.25) is 0 Å². The van der Waals surface area contributed by atoms with Gasteiger partial charge in [-0.3, -0.25) is 0 Å². The van der Waals surface area contributed by atoms with E-state index in [1.54, 1.807) is 0 Å². The van der Waals surface area contributed by atoms with Gasteiger partial charge >= 0.3 is 0 Å². The lowest BCUT2D eigenvalue weighted by Gasteiger charge is -2.09. The minimum Gasteiger partial charge on any atom is -0.493 e. The predicted molar refractivity (Wildman–Crippen MR) is 102 cm³/mol. The smallest absolute Gasteiger partial charge is 0.119 e. The number of benzene rings is 2. The molecule has 1 atom stereocenters. The number of para-hydroxylation sites is 1. The molecule has 1 aliphatic heterocycles. The molecule has 4 rings (SSSR count). The standard InChI is InChI=1S/C20H22N2OS/c1-2-4-20-19(3-1)16(12-22-20)9-10-23-17-7-5-15(6-8-17)11-18-13-21-14-24-18/h1-8,12,18,21-22H,9-11,13-14H2. The number of H-pyrrole nitrogens is 1. The van der Waals surface area contributed by atoms with Gasteiger partial charge in [-0.25, -0.2) is 0 Å². The Hall–Kier alpha value is -1.91. The van der Waals surface area contributed by atoms with Gasteiger partial charge in [0.1, 0.15) is 5.75 Å². The van der Waals surface area contributed by atoms with Gasteiger partial charge in [-0.2, -0.15) is 0 Å². The van der Waals surface area contributed by atoms with E-state index in [2.05, 4.69) is 65.0 Å². The normalized spacial score (nSPS) is 17.4. The average Bonchev–Trinajstić information content (AvgIpc) is 3.27. The number of hydrogen-bond acceptors (Lipinski definition) is 3. The Labute approximate surface area is 146 Å². The summed E-state index contributed by atoms with van der Waals surface area (Å²) >= 11 is 2.01. The van der Waals surface area contributed by atoms with E-state index in [1.165, 1.54) is 22.0 Å². The van der Waals surface area contributed by atoms with Crippen LogP contribution in [0.3, 0.4) is 0 Å². The van der Waals surface area contributed by atoms with Crippen LogP contribution in [-0.4, -0.2) is 29.3 Å². The zero-order valence-corrected chi connectivity index (χ0v) is 14.4. The van der Waals surface area contributed by atoms with Gasteiger partial charge in [0.2, 0.25) is 0 Å². The fourth-order valence-electron chi connectivity index (χ4n) is 3.19. The summed E-state index contributed by atoms with van der Waals surface area (Å²) < 4.78 is 5.92. The molecule has 1 unspecified atom stereocenters. The number of nitrogens with one attached hydrogen (secondary N) is 2. The van der Waals surface area contributed by atoms with Crippen LogP contribution >= 0.6 is 11.8 Å². The summed E-state index contributed by atoms with van der Waals surface area (Å²) in [6.07, 6.45) is 4.13. The fraction of sp³-hybridized carbons (Fsp3) is 0.300. The molecule has 0 radical (unpaired) electrons. The maximum absolute atomic E-state index is 5.92. The molecule has 3 nitrogen and oxygen atoms in total. The Kier molecular flexibility index (Phi) is 4.76. The van der Waals surface area contributed by atoms with Crippen molar-refractivity contribution in [2.24, 2.45) is 0 Å². The molecule has 0 aliphatic carbocycles. The number of aromatic nitrogens is 1. The summed E-state index contributed by atoms with van der Waals surface area (Å²) in [6.45, 7) is 1.82. The quantitative estimate of drug-likeness (QED) is 0.713. The van der Waals surface area contributed by atoms with E-state index in [-0.39, 0.29) is 0 Å². The van der Waals surface area contributed by atoms with Crippen molar-refractivity contribution in [3.8, 4) is 5.75 Å². The number of hydrogen-bond donors (Lipinski definition) is 2. The van der Waals surface area contributed by atoms with Gasteiger partial charge in [0.05, 0.1) is 6.61 Å². The summed E-state index contributed by atoms with van der Waals surface area (Å²) in [5.41, 5.74) is 3.89. The fourth-order valence-corrected chi connectivity index (χ4v) is 4.21. The first-order chi connectivity index (χ1) is 11.9. The first kappa shape index (κ1) is 15.6. The Morgan fingerprint density at radius 3 is 2.79 bits per heavy atom. The van der Waals surface area contributed by atoms with Crippen LogP contribution in [0.4, 0.5) is 0 Å². The number of thioether (sulfide) groups is 1. The highest BCUT2D eigenvalue weighted by Gasteiger charge is 2.15. The molecule has 1 aliphatic rings. The van der Waals surface area contributed by atoms with Crippen LogP contribution in [0.1, 0.15) is 11.1 Å². The van der Waals surface area contributed by atoms with E-state index in [4.69, 9.17) is 4.74 Å². The summed E-state index contributed by atoms with van der Waals surface area (Å²) in [5, 5.41) is 5.39. The van der Waals surface area contributed by atoms with Gasteiger partial charge in [-0.1, -0.05) is 30.3 Å². The van der Waals surface area contributed by atoms with Crippen LogP contribution in [-0.2, 0) is 12.8 Å². The second-order valence-electron chi connectivity index (χ2n) is 6.19. The van der Waals surface area contributed by atoms with Gasteiger partial charge in [0.15, 0.2) is 0 Å². The van der Waals surface area contributed by atoms with Crippen LogP contribution in [0.5, 0.6) is 5.75 Å². The second kappa shape index (κ2) is 7.32. The molecule has 3 aromatic rings. The number of aromatic amines is 1. The van der Waals surface area contributed by atoms with Gasteiger partial charge in [-0.15, -0.1) is 11.8 Å². The molecule has 0 saturated carbocycles. The van der Waals surface area contributed by atoms with Gasteiger partial charge in [0, 0.05) is 41.2 Å². The maximum atomic E-state index is 5.92. The third-order valence-electron chi connectivity index (χ3n) is 4.49. The van der Waals surface area contributed by atoms with E-state index in [0.717, 1.165) is 31.0 Å². The summed E-state index contributed by atoms with van der Waals surface area (Å²) in [4.78, 5) is 3.32. The molecule has 24 heavy (non-hydrogen) atoms. The molecule has 1 saturated heterocycles. The van der Waals surface area contributed by atoms with Crippen molar-refractivity contribution < 1.29 is 4.74 Å². The lowest BCUT2D eigenvalue weighted by molar-refractivity contribution is 0.322. The highest BCUT2D eigenvalue weighted by atomic mass is 32.2. The van der Waals surface area contributed by atoms with Crippen molar-refractivity contribution >= 4 is 22.7 Å². The number of ether oxygens (including phenoxy) is 1. The van der Waals surface area contributed by atoms with Crippen LogP contribution in [0, 0.1) is 0 Å². The van der Waals surface area contributed by atoms with Gasteiger partial charge in [-0.05, 0) is 35.7 Å². The van der Waals surface area contributed by atoms with E-state index in [1.807, 2.05) is 11.8 Å². The van der Waals surface area contributed by atoms with Crippen LogP contribution in [0.15, 0.2) is 54.7 Å². The molecule has 4 heteroatoms. The molecule has 2 heterocycles. The van der Waals surface area contributed by atoms with E-state index in [0.29, 0.717) is 11.9 Å². The van der Waals surface area contributed by atoms with Gasteiger partial charge < -0.3 is 15.0 Å². The third kappa shape index (κ3) is 3.60. The Bertz CT molecular complexity index is 791. The average molecular weight is 338 g/mol. The molecule has 0 amide bonds. The molecular formula is C20H22N2OS. The number of fused-ring (bicyclic) bond motifs is 1. The molecular weight excluding hydrogens is 316 g/mol. The first-order valence-electron chi connectivity index (χ1n) is 8.47. The summed E-state index contributed by atoms with van der Waals surface area (Å²) in [6, 6.07) is 17.0. The third-order valence-corrected chi connectivity index (χ3v) is 5.67. The molecule has 0 spiro atoms. The SMILES string of the molecule is c1ccc2c(CCOc3ccc(CC4CNCS4)cc3)c[nH]c2c1. The molecule has 1 aromatic heterocycles. The van der Waals surface area contributed by atoms with Crippen LogP contribution in [0.25, 0.3) is 10.9 Å². The molecule has 1 fully saturated rings. The van der Waals surface area contributed by atoms with Crippen LogP contribution < -0.4 is 10.1 Å². The summed E-state index contributed by atoms with van der Waals surface area (Å²) in [7, 11) is 0. The van der Waals surface area contributed by atoms with Crippen molar-refractivity contribution in [2.75, 3.05) is 19.0 Å². The molecule has 124 valence electrons. The van der Waals surface area contributed by atoms with Crippen molar-refractivity contribution in [1.29, 1.82) is 0 Å². The minimum atomic E-state index is 0.698. The predicted octanol–water partition coefficient (Wildman–Crippen LogP) is 3.99. The zero-order chi connectivity index (χ0) is 16.2. The Balaban J connectivity index is 1.31. The van der Waals surface area contributed by atoms with Crippen molar-refractivity contribution in [3.05, 3.63) is 65.9 Å². The Morgan fingerprint density at radius 1 is 1.08 bits per heavy atom. The molecule has 2 aromatic carbocycles. The lowest BCUT2D eigenvalue weighted by Crippen LogP contribution is -2.14. The first-order valence-corrected chi connectivity index (χ1v) is 9.52. The monoisotopic (exact) mass is 338 g/mol. The highest BCUT2D eigenvalue weighted by Crippen LogP contribution is 2.22. The minimum absolute atomic E-state index is 0.698. The van der Waals surface area contributed by atoms with E-state index < -0.39 is 0 Å². The van der Waals surface area contributed by atoms with Gasteiger partial charge in [0.25, 0.3) is 0 Å². The molecule has 0 bridgehead atoms. The highest BCUT2D eigenvalue weighted by molar-refractivity contribution is 8.00. The Morgan fingerprint density at radius 2 is 1.96 bits per heavy atom. The second-order valence-corrected chi connectivity index (χ2v) is 7.48. The zero-order valence-electron chi connectivity index (χ0n) is 13.6.